The molecule has 26 heavy (non-hydrogen) atoms. The molecule has 0 unspecified atom stereocenters. The molecule has 5 nitrogen and oxygen atoms in total. The third-order valence-electron chi connectivity index (χ3n) is 4.32. The number of benzene rings is 2. The van der Waals surface area contributed by atoms with Crippen molar-refractivity contribution in [2.45, 2.75) is 39.3 Å². The molecule has 1 aliphatic heterocycles. The lowest BCUT2D eigenvalue weighted by Gasteiger charge is -2.25. The molecule has 2 aromatic carbocycles. The van der Waals surface area contributed by atoms with Crippen molar-refractivity contribution < 1.29 is 14.3 Å². The lowest BCUT2D eigenvalue weighted by atomic mass is 10.1. The van der Waals surface area contributed by atoms with Gasteiger partial charge in [0, 0.05) is 24.2 Å². The van der Waals surface area contributed by atoms with Gasteiger partial charge in [-0.25, -0.2) is 0 Å². The maximum Gasteiger partial charge on any atom is 0.259 e. The molecule has 5 heteroatoms. The first-order chi connectivity index (χ1) is 12.5. The van der Waals surface area contributed by atoms with Gasteiger partial charge in [0.1, 0.15) is 11.8 Å². The molecule has 0 saturated carbocycles. The summed E-state index contributed by atoms with van der Waals surface area (Å²) in [5, 5.41) is 2.84. The van der Waals surface area contributed by atoms with E-state index in [2.05, 4.69) is 5.32 Å². The van der Waals surface area contributed by atoms with Crippen LogP contribution >= 0.6 is 0 Å². The minimum Gasteiger partial charge on any atom is -0.491 e. The molecule has 1 N–H and O–H groups in total. The summed E-state index contributed by atoms with van der Waals surface area (Å²) in [4.78, 5) is 27.3. The standard InChI is InChI=1S/C21H24N2O3/c1-4-22-20(24)19-13-16-7-5-6-8-18(16)23(19)21(25)15-9-11-17(12-10-15)26-14(2)3/h5-12,14,19H,4,13H2,1-3H3,(H,22,24)/t19-/m1/s1. The molecule has 0 aromatic heterocycles. The Balaban J connectivity index is 1.90. The Labute approximate surface area is 154 Å². The van der Waals surface area contributed by atoms with Gasteiger partial charge in [0.2, 0.25) is 5.91 Å². The molecule has 136 valence electrons. The number of rotatable bonds is 5. The van der Waals surface area contributed by atoms with E-state index in [-0.39, 0.29) is 17.9 Å². The van der Waals surface area contributed by atoms with E-state index in [0.29, 0.717) is 18.5 Å². The van der Waals surface area contributed by atoms with Crippen LogP contribution in [0.3, 0.4) is 0 Å². The molecule has 0 aliphatic carbocycles. The number of amides is 2. The van der Waals surface area contributed by atoms with Gasteiger partial charge in [-0.15, -0.1) is 0 Å². The fourth-order valence-electron chi connectivity index (χ4n) is 3.23. The summed E-state index contributed by atoms with van der Waals surface area (Å²) in [7, 11) is 0. The fraction of sp³-hybridized carbons (Fsp3) is 0.333. The smallest absolute Gasteiger partial charge is 0.259 e. The fourth-order valence-corrected chi connectivity index (χ4v) is 3.23. The van der Waals surface area contributed by atoms with Crippen LogP contribution in [0.5, 0.6) is 5.75 Å². The second-order valence-corrected chi connectivity index (χ2v) is 6.61. The summed E-state index contributed by atoms with van der Waals surface area (Å²) in [6, 6.07) is 14.2. The average Bonchev–Trinajstić information content (AvgIpc) is 3.01. The van der Waals surface area contributed by atoms with Crippen LogP contribution < -0.4 is 15.0 Å². The van der Waals surface area contributed by atoms with Crippen LogP contribution in [0.4, 0.5) is 5.69 Å². The Hall–Kier alpha value is -2.82. The minimum atomic E-state index is -0.522. The summed E-state index contributed by atoms with van der Waals surface area (Å²) in [5.74, 6) is 0.415. The van der Waals surface area contributed by atoms with Crippen LogP contribution in [0.25, 0.3) is 0 Å². The molecular formula is C21H24N2O3. The van der Waals surface area contributed by atoms with Crippen molar-refractivity contribution in [3.05, 3.63) is 59.7 Å². The van der Waals surface area contributed by atoms with Crippen LogP contribution in [0.1, 0.15) is 36.7 Å². The van der Waals surface area contributed by atoms with Gasteiger partial charge in [-0.3, -0.25) is 14.5 Å². The van der Waals surface area contributed by atoms with Crippen LogP contribution in [-0.4, -0.2) is 30.5 Å². The van der Waals surface area contributed by atoms with E-state index >= 15 is 0 Å². The lowest BCUT2D eigenvalue weighted by Crippen LogP contribution is -2.48. The number of carbonyl (C=O) groups excluding carboxylic acids is 2. The van der Waals surface area contributed by atoms with Gasteiger partial charge >= 0.3 is 0 Å². The number of fused-ring (bicyclic) bond motifs is 1. The van der Waals surface area contributed by atoms with Gasteiger partial charge in [-0.2, -0.15) is 0 Å². The third-order valence-corrected chi connectivity index (χ3v) is 4.32. The van der Waals surface area contributed by atoms with Crippen molar-refractivity contribution in [3.8, 4) is 5.75 Å². The second kappa shape index (κ2) is 7.60. The maximum atomic E-state index is 13.2. The quantitative estimate of drug-likeness (QED) is 0.899. The number of para-hydroxylation sites is 1. The second-order valence-electron chi connectivity index (χ2n) is 6.61. The summed E-state index contributed by atoms with van der Waals surface area (Å²) in [6.45, 7) is 6.32. The van der Waals surface area contributed by atoms with Gasteiger partial charge in [-0.1, -0.05) is 18.2 Å². The van der Waals surface area contributed by atoms with Crippen molar-refractivity contribution in [2.24, 2.45) is 0 Å². The number of ether oxygens (including phenoxy) is 1. The Morgan fingerprint density at radius 3 is 2.50 bits per heavy atom. The number of carbonyl (C=O) groups is 2. The number of likely N-dealkylation sites (N-methyl/N-ethyl adjacent to an activating group) is 1. The molecule has 1 atom stereocenters. The predicted molar refractivity (Wildman–Crippen MR) is 102 cm³/mol. The highest BCUT2D eigenvalue weighted by atomic mass is 16.5. The van der Waals surface area contributed by atoms with Crippen LogP contribution in [0, 0.1) is 0 Å². The van der Waals surface area contributed by atoms with Crippen LogP contribution in [0.2, 0.25) is 0 Å². The maximum absolute atomic E-state index is 13.2. The number of hydrogen-bond acceptors (Lipinski definition) is 3. The van der Waals surface area contributed by atoms with E-state index < -0.39 is 6.04 Å². The molecule has 2 amide bonds. The Bertz CT molecular complexity index is 799. The van der Waals surface area contributed by atoms with E-state index in [1.54, 1.807) is 29.2 Å². The van der Waals surface area contributed by atoms with E-state index in [0.717, 1.165) is 17.0 Å². The van der Waals surface area contributed by atoms with Gasteiger partial charge in [0.15, 0.2) is 0 Å². The number of nitrogens with zero attached hydrogens (tertiary/aromatic N) is 1. The summed E-state index contributed by atoms with van der Waals surface area (Å²) < 4.78 is 5.63. The molecule has 2 aromatic rings. The third kappa shape index (κ3) is 3.57. The molecule has 0 radical (unpaired) electrons. The Morgan fingerprint density at radius 1 is 1.15 bits per heavy atom. The molecule has 0 spiro atoms. The van der Waals surface area contributed by atoms with Gasteiger partial charge in [0.25, 0.3) is 5.91 Å². The largest absolute Gasteiger partial charge is 0.491 e. The normalized spacial score (nSPS) is 15.7. The Kier molecular flexibility index (Phi) is 5.26. The van der Waals surface area contributed by atoms with Crippen molar-refractivity contribution in [1.82, 2.24) is 5.32 Å². The Morgan fingerprint density at radius 2 is 1.85 bits per heavy atom. The van der Waals surface area contributed by atoms with Gasteiger partial charge in [-0.05, 0) is 56.7 Å². The van der Waals surface area contributed by atoms with Crippen LogP contribution in [0.15, 0.2) is 48.5 Å². The highest BCUT2D eigenvalue weighted by molar-refractivity contribution is 6.11. The molecule has 0 saturated heterocycles. The first-order valence-corrected chi connectivity index (χ1v) is 8.97. The molecule has 3 rings (SSSR count). The van der Waals surface area contributed by atoms with E-state index in [1.165, 1.54) is 0 Å². The number of anilines is 1. The summed E-state index contributed by atoms with van der Waals surface area (Å²) in [6.07, 6.45) is 0.603. The molecule has 0 bridgehead atoms. The number of nitrogens with one attached hydrogen (secondary N) is 1. The predicted octanol–water partition coefficient (Wildman–Crippen LogP) is 3.18. The first-order valence-electron chi connectivity index (χ1n) is 8.97. The monoisotopic (exact) mass is 352 g/mol. The van der Waals surface area contributed by atoms with Crippen molar-refractivity contribution in [3.63, 3.8) is 0 Å². The summed E-state index contributed by atoms with van der Waals surface area (Å²) >= 11 is 0. The van der Waals surface area contributed by atoms with Crippen molar-refractivity contribution in [2.75, 3.05) is 11.4 Å². The van der Waals surface area contributed by atoms with E-state index in [1.807, 2.05) is 45.0 Å². The zero-order valence-corrected chi connectivity index (χ0v) is 15.4. The molecule has 1 heterocycles. The zero-order chi connectivity index (χ0) is 18.7. The van der Waals surface area contributed by atoms with Crippen molar-refractivity contribution in [1.29, 1.82) is 0 Å². The van der Waals surface area contributed by atoms with E-state index in [4.69, 9.17) is 4.74 Å². The van der Waals surface area contributed by atoms with Crippen molar-refractivity contribution >= 4 is 17.5 Å². The number of hydrogen-bond donors (Lipinski definition) is 1. The lowest BCUT2D eigenvalue weighted by molar-refractivity contribution is -0.122. The zero-order valence-electron chi connectivity index (χ0n) is 15.4. The topological polar surface area (TPSA) is 58.6 Å². The molecule has 0 fully saturated rings. The first kappa shape index (κ1) is 18.0. The van der Waals surface area contributed by atoms with Gasteiger partial charge < -0.3 is 10.1 Å². The SMILES string of the molecule is CCNC(=O)[C@H]1Cc2ccccc2N1C(=O)c1ccc(OC(C)C)cc1. The highest BCUT2D eigenvalue weighted by Gasteiger charge is 2.38. The van der Waals surface area contributed by atoms with Crippen LogP contribution in [-0.2, 0) is 11.2 Å². The average molecular weight is 352 g/mol. The summed E-state index contributed by atoms with van der Waals surface area (Å²) in [5.41, 5.74) is 2.35. The highest BCUT2D eigenvalue weighted by Crippen LogP contribution is 2.33. The molecule has 1 aliphatic rings. The van der Waals surface area contributed by atoms with Gasteiger partial charge in [0.05, 0.1) is 6.10 Å². The molecular weight excluding hydrogens is 328 g/mol. The minimum absolute atomic E-state index is 0.0733. The van der Waals surface area contributed by atoms with E-state index in [9.17, 15) is 9.59 Å².